The Hall–Kier alpha value is -1.85. The normalized spacial score (nSPS) is 17.9. The maximum absolute atomic E-state index is 12.1. The van der Waals surface area contributed by atoms with E-state index in [2.05, 4.69) is 15.5 Å². The molecule has 21 heavy (non-hydrogen) atoms. The molecule has 0 saturated carbocycles. The number of halogens is 1. The molecule has 110 valence electrons. The first-order valence-corrected chi connectivity index (χ1v) is 7.32. The molecule has 1 aliphatic heterocycles. The molecule has 0 aliphatic carbocycles. The number of nitrogens with zero attached hydrogens (tertiary/aromatic N) is 1. The van der Waals surface area contributed by atoms with E-state index in [0.717, 1.165) is 25.0 Å². The van der Waals surface area contributed by atoms with Crippen LogP contribution in [-0.4, -0.2) is 35.4 Å². The van der Waals surface area contributed by atoms with Crippen LogP contribution in [-0.2, 0) is 4.74 Å². The van der Waals surface area contributed by atoms with Crippen LogP contribution in [0.25, 0.3) is 11.3 Å². The van der Waals surface area contributed by atoms with Crippen LogP contribution in [0.3, 0.4) is 0 Å². The van der Waals surface area contributed by atoms with E-state index < -0.39 is 0 Å². The molecule has 2 heterocycles. The van der Waals surface area contributed by atoms with Crippen LogP contribution in [0.15, 0.2) is 30.3 Å². The summed E-state index contributed by atoms with van der Waals surface area (Å²) in [6.45, 7) is 1.31. The van der Waals surface area contributed by atoms with Crippen molar-refractivity contribution >= 4 is 17.5 Å². The van der Waals surface area contributed by atoms with Gasteiger partial charge in [0.05, 0.1) is 16.8 Å². The second-order valence-electron chi connectivity index (χ2n) is 4.99. The van der Waals surface area contributed by atoms with Crippen LogP contribution >= 0.6 is 11.6 Å². The second kappa shape index (κ2) is 6.28. The van der Waals surface area contributed by atoms with Crippen molar-refractivity contribution in [1.29, 1.82) is 0 Å². The summed E-state index contributed by atoms with van der Waals surface area (Å²) in [6.07, 6.45) is 2.18. The van der Waals surface area contributed by atoms with Crippen molar-refractivity contribution in [2.24, 2.45) is 0 Å². The fraction of sp³-hybridized carbons (Fsp3) is 0.333. The maximum Gasteiger partial charge on any atom is 0.269 e. The molecule has 0 spiro atoms. The Kier molecular flexibility index (Phi) is 4.22. The Balaban J connectivity index is 1.66. The lowest BCUT2D eigenvalue weighted by atomic mass is 10.1. The first-order chi connectivity index (χ1) is 10.2. The second-order valence-corrected chi connectivity index (χ2v) is 5.40. The van der Waals surface area contributed by atoms with Crippen LogP contribution in [0.1, 0.15) is 23.3 Å². The molecule has 1 fully saturated rings. The maximum atomic E-state index is 12.1. The van der Waals surface area contributed by atoms with Crippen molar-refractivity contribution in [2.45, 2.75) is 18.9 Å². The number of carbonyl (C=O) groups excluding carboxylic acids is 1. The molecule has 2 N–H and O–H groups in total. The average molecular weight is 306 g/mol. The monoisotopic (exact) mass is 305 g/mol. The summed E-state index contributed by atoms with van der Waals surface area (Å²) in [7, 11) is 0. The minimum Gasteiger partial charge on any atom is -0.376 e. The van der Waals surface area contributed by atoms with E-state index >= 15 is 0 Å². The summed E-state index contributed by atoms with van der Waals surface area (Å²) in [5.74, 6) is -0.184. The van der Waals surface area contributed by atoms with Crippen molar-refractivity contribution in [3.05, 3.63) is 41.0 Å². The molecule has 2 aromatic rings. The van der Waals surface area contributed by atoms with Gasteiger partial charge in [-0.3, -0.25) is 9.89 Å². The number of aromatic amines is 1. The third kappa shape index (κ3) is 3.25. The van der Waals surface area contributed by atoms with Gasteiger partial charge in [-0.1, -0.05) is 29.8 Å². The molecule has 1 atom stereocenters. The van der Waals surface area contributed by atoms with E-state index in [1.807, 2.05) is 18.2 Å². The Morgan fingerprint density at radius 1 is 1.48 bits per heavy atom. The smallest absolute Gasteiger partial charge is 0.269 e. The minimum atomic E-state index is -0.184. The summed E-state index contributed by atoms with van der Waals surface area (Å²) in [6, 6.07) is 9.10. The standard InChI is InChI=1S/C15H16ClN3O2/c16-12-6-2-1-5-11(12)13-8-14(19-18-13)15(20)17-9-10-4-3-7-21-10/h1-2,5-6,8,10H,3-4,7,9H2,(H,17,20)(H,18,19)/t10-/m0/s1. The van der Waals surface area contributed by atoms with E-state index in [1.54, 1.807) is 12.1 Å². The quantitative estimate of drug-likeness (QED) is 0.912. The topological polar surface area (TPSA) is 67.0 Å². The van der Waals surface area contributed by atoms with Crippen molar-refractivity contribution in [3.63, 3.8) is 0 Å². The van der Waals surface area contributed by atoms with Crippen molar-refractivity contribution < 1.29 is 9.53 Å². The van der Waals surface area contributed by atoms with Gasteiger partial charge in [-0.2, -0.15) is 5.10 Å². The highest BCUT2D eigenvalue weighted by atomic mass is 35.5. The SMILES string of the molecule is O=C(NC[C@@H]1CCCO1)c1cc(-c2ccccc2Cl)n[nH]1. The van der Waals surface area contributed by atoms with E-state index in [0.29, 0.717) is 23.0 Å². The number of benzene rings is 1. The molecule has 0 radical (unpaired) electrons. The number of ether oxygens (including phenoxy) is 1. The lowest BCUT2D eigenvalue weighted by Crippen LogP contribution is -2.31. The summed E-state index contributed by atoms with van der Waals surface area (Å²) < 4.78 is 5.47. The number of amides is 1. The summed E-state index contributed by atoms with van der Waals surface area (Å²) in [5, 5.41) is 10.4. The Morgan fingerprint density at radius 2 is 2.33 bits per heavy atom. The highest BCUT2D eigenvalue weighted by Gasteiger charge is 2.18. The number of carbonyl (C=O) groups is 1. The zero-order chi connectivity index (χ0) is 14.7. The highest BCUT2D eigenvalue weighted by molar-refractivity contribution is 6.33. The predicted octanol–water partition coefficient (Wildman–Crippen LogP) is 2.64. The van der Waals surface area contributed by atoms with Crippen LogP contribution < -0.4 is 5.32 Å². The number of nitrogens with one attached hydrogen (secondary N) is 2. The van der Waals surface area contributed by atoms with Crippen molar-refractivity contribution in [1.82, 2.24) is 15.5 Å². The minimum absolute atomic E-state index is 0.125. The summed E-state index contributed by atoms with van der Waals surface area (Å²) >= 11 is 6.12. The fourth-order valence-corrected chi connectivity index (χ4v) is 2.58. The molecule has 1 aromatic carbocycles. The van der Waals surface area contributed by atoms with E-state index in [-0.39, 0.29) is 12.0 Å². The molecular formula is C15H16ClN3O2. The van der Waals surface area contributed by atoms with Crippen LogP contribution in [0.5, 0.6) is 0 Å². The summed E-state index contributed by atoms with van der Waals surface area (Å²) in [4.78, 5) is 12.1. The first kappa shape index (κ1) is 14.1. The van der Waals surface area contributed by atoms with Crippen LogP contribution in [0.4, 0.5) is 0 Å². The third-order valence-corrected chi connectivity index (χ3v) is 3.82. The molecule has 5 nitrogen and oxygen atoms in total. The van der Waals surface area contributed by atoms with Gasteiger partial charge in [-0.25, -0.2) is 0 Å². The molecule has 0 unspecified atom stereocenters. The van der Waals surface area contributed by atoms with Crippen LogP contribution in [0, 0.1) is 0 Å². The van der Waals surface area contributed by atoms with E-state index in [4.69, 9.17) is 16.3 Å². The van der Waals surface area contributed by atoms with Crippen molar-refractivity contribution in [3.8, 4) is 11.3 Å². The zero-order valence-corrected chi connectivity index (χ0v) is 12.2. The average Bonchev–Trinajstić information content (AvgIpc) is 3.17. The van der Waals surface area contributed by atoms with Gasteiger partial charge in [0.2, 0.25) is 0 Å². The Bertz CT molecular complexity index is 635. The number of aromatic nitrogens is 2. The number of rotatable bonds is 4. The van der Waals surface area contributed by atoms with Gasteiger partial charge >= 0.3 is 0 Å². The number of hydrogen-bond acceptors (Lipinski definition) is 3. The molecule has 1 aromatic heterocycles. The Morgan fingerprint density at radius 3 is 3.10 bits per heavy atom. The molecule has 0 bridgehead atoms. The van der Waals surface area contributed by atoms with Gasteiger partial charge in [0.15, 0.2) is 0 Å². The molecule has 1 aliphatic rings. The number of hydrogen-bond donors (Lipinski definition) is 2. The number of H-pyrrole nitrogens is 1. The van der Waals surface area contributed by atoms with E-state index in [1.165, 1.54) is 0 Å². The largest absolute Gasteiger partial charge is 0.376 e. The van der Waals surface area contributed by atoms with Gasteiger partial charge < -0.3 is 10.1 Å². The molecule has 1 amide bonds. The van der Waals surface area contributed by atoms with Gasteiger partial charge in [0.25, 0.3) is 5.91 Å². The lowest BCUT2D eigenvalue weighted by Gasteiger charge is -2.09. The van der Waals surface area contributed by atoms with E-state index in [9.17, 15) is 4.79 Å². The fourth-order valence-electron chi connectivity index (χ4n) is 2.35. The Labute approximate surface area is 127 Å². The van der Waals surface area contributed by atoms with Crippen molar-refractivity contribution in [2.75, 3.05) is 13.2 Å². The summed E-state index contributed by atoms with van der Waals surface area (Å²) in [5.41, 5.74) is 1.87. The first-order valence-electron chi connectivity index (χ1n) is 6.94. The zero-order valence-electron chi connectivity index (χ0n) is 11.4. The predicted molar refractivity (Wildman–Crippen MR) is 80.3 cm³/mol. The highest BCUT2D eigenvalue weighted by Crippen LogP contribution is 2.26. The molecule has 3 rings (SSSR count). The molecule has 1 saturated heterocycles. The van der Waals surface area contributed by atoms with Gasteiger partial charge in [-0.05, 0) is 25.0 Å². The van der Waals surface area contributed by atoms with Gasteiger partial charge in [0, 0.05) is 18.7 Å². The van der Waals surface area contributed by atoms with Gasteiger partial charge in [-0.15, -0.1) is 0 Å². The van der Waals surface area contributed by atoms with Crippen LogP contribution in [0.2, 0.25) is 5.02 Å². The third-order valence-electron chi connectivity index (χ3n) is 3.49. The molecular weight excluding hydrogens is 290 g/mol. The van der Waals surface area contributed by atoms with Gasteiger partial charge in [0.1, 0.15) is 5.69 Å². The lowest BCUT2D eigenvalue weighted by molar-refractivity contribution is 0.0853. The molecule has 6 heteroatoms.